The lowest BCUT2D eigenvalue weighted by molar-refractivity contribution is -0.144. The van der Waals surface area contributed by atoms with Crippen molar-refractivity contribution in [1.29, 1.82) is 0 Å². The monoisotopic (exact) mass is 442 g/mol. The summed E-state index contributed by atoms with van der Waals surface area (Å²) in [6, 6.07) is 9.85. The van der Waals surface area contributed by atoms with Crippen LogP contribution in [0.15, 0.2) is 30.3 Å². The van der Waals surface area contributed by atoms with Crippen LogP contribution in [0.25, 0.3) is 0 Å². The van der Waals surface area contributed by atoms with Crippen molar-refractivity contribution < 1.29 is 14.7 Å². The van der Waals surface area contributed by atoms with E-state index in [0.29, 0.717) is 6.42 Å². The summed E-state index contributed by atoms with van der Waals surface area (Å²) in [5.41, 5.74) is 0.775. The fourth-order valence-electron chi connectivity index (χ4n) is 6.21. The van der Waals surface area contributed by atoms with Crippen molar-refractivity contribution in [2.75, 3.05) is 0 Å². The highest BCUT2D eigenvalue weighted by atomic mass is 16.3. The number of hydrogen-bond acceptors (Lipinski definition) is 3. The largest absolute Gasteiger partial charge is 0.392 e. The molecule has 0 spiro atoms. The van der Waals surface area contributed by atoms with E-state index in [9.17, 15) is 14.7 Å². The van der Waals surface area contributed by atoms with E-state index < -0.39 is 6.10 Å². The second kappa shape index (κ2) is 9.54. The highest BCUT2D eigenvalue weighted by molar-refractivity contribution is 5.79. The average Bonchev–Trinajstić information content (AvgIpc) is 2.69. The molecule has 0 heterocycles. The zero-order chi connectivity index (χ0) is 23.7. The van der Waals surface area contributed by atoms with Gasteiger partial charge in [0.2, 0.25) is 11.8 Å². The number of hydrogen-bond donors (Lipinski definition) is 3. The van der Waals surface area contributed by atoms with E-state index >= 15 is 0 Å². The number of amides is 2. The number of rotatable bonds is 5. The van der Waals surface area contributed by atoms with Gasteiger partial charge in [-0.25, -0.2) is 0 Å². The van der Waals surface area contributed by atoms with Gasteiger partial charge in [-0.15, -0.1) is 0 Å². The zero-order valence-electron chi connectivity index (χ0n) is 20.7. The number of aliphatic hydroxyl groups is 1. The fraction of sp³-hybridized carbons (Fsp3) is 0.704. The molecule has 1 aromatic carbocycles. The van der Waals surface area contributed by atoms with E-state index in [1.807, 2.05) is 58.0 Å². The third kappa shape index (κ3) is 5.54. The maximum atomic E-state index is 12.8. The van der Waals surface area contributed by atoms with Gasteiger partial charge in [-0.1, -0.05) is 51.1 Å². The molecule has 2 amide bonds. The van der Waals surface area contributed by atoms with Crippen molar-refractivity contribution in [3.8, 4) is 0 Å². The van der Waals surface area contributed by atoms with Crippen LogP contribution in [-0.2, 0) is 16.0 Å². The topological polar surface area (TPSA) is 78.4 Å². The van der Waals surface area contributed by atoms with Crippen molar-refractivity contribution in [3.63, 3.8) is 0 Å². The third-order valence-electron chi connectivity index (χ3n) is 8.00. The minimum atomic E-state index is -0.543. The first-order valence-corrected chi connectivity index (χ1v) is 12.2. The molecular formula is C27H42N2O3. The predicted molar refractivity (Wildman–Crippen MR) is 128 cm³/mol. The molecule has 2 fully saturated rings. The molecule has 1 aromatic rings. The summed E-state index contributed by atoms with van der Waals surface area (Å²) >= 11 is 0. The Bertz CT molecular complexity index is 803. The molecule has 0 radical (unpaired) electrons. The Morgan fingerprint density at radius 1 is 1.16 bits per heavy atom. The SMILES string of the molecule is C[C@H]1[C@@H]2[C@@H](O)C([C@H](C)C(=O)NC(C)(C)C)CC[C@@]2(C)CC[C@@H]1NC(=O)Cc1ccccc1. The van der Waals surface area contributed by atoms with Gasteiger partial charge in [0.05, 0.1) is 12.5 Å². The van der Waals surface area contributed by atoms with Crippen molar-refractivity contribution in [2.45, 2.75) is 91.3 Å². The molecule has 2 aliphatic carbocycles. The minimum absolute atomic E-state index is 0.0151. The maximum Gasteiger partial charge on any atom is 0.224 e. The number of aliphatic hydroxyl groups excluding tert-OH is 1. The van der Waals surface area contributed by atoms with Gasteiger partial charge in [-0.05, 0) is 75.2 Å². The molecule has 0 bridgehead atoms. The van der Waals surface area contributed by atoms with Crippen LogP contribution in [0.2, 0.25) is 0 Å². The standard InChI is InChI=1S/C27H42N2O3/c1-17(25(32)29-26(3,4)5)20-12-14-27(6)15-13-21(18(2)23(27)24(20)31)28-22(30)16-19-10-8-7-9-11-19/h7-11,17-18,20-21,23-24,31H,12-16H2,1-6H3,(H,28,30)(H,29,32)/t17-,18+,20?,21-,23+,24-,27-/m0/s1. The van der Waals surface area contributed by atoms with Gasteiger partial charge in [0.1, 0.15) is 0 Å². The normalized spacial score (nSPS) is 33.7. The van der Waals surface area contributed by atoms with Gasteiger partial charge in [-0.3, -0.25) is 9.59 Å². The highest BCUT2D eigenvalue weighted by Crippen LogP contribution is 2.55. The summed E-state index contributed by atoms with van der Waals surface area (Å²) < 4.78 is 0. The lowest BCUT2D eigenvalue weighted by Gasteiger charge is -2.56. The number of carbonyl (C=O) groups excluding carboxylic acids is 2. The molecular weight excluding hydrogens is 400 g/mol. The van der Waals surface area contributed by atoms with E-state index in [2.05, 4.69) is 24.5 Å². The summed E-state index contributed by atoms with van der Waals surface area (Å²) in [7, 11) is 0. The Kier molecular flexibility index (Phi) is 7.38. The second-order valence-electron chi connectivity index (χ2n) is 11.6. The molecule has 2 saturated carbocycles. The number of nitrogens with one attached hydrogen (secondary N) is 2. The molecule has 32 heavy (non-hydrogen) atoms. The molecule has 0 aliphatic heterocycles. The number of benzene rings is 1. The minimum Gasteiger partial charge on any atom is -0.392 e. The smallest absolute Gasteiger partial charge is 0.224 e. The molecule has 5 heteroatoms. The van der Waals surface area contributed by atoms with Crippen molar-refractivity contribution in [2.24, 2.45) is 29.1 Å². The van der Waals surface area contributed by atoms with Crippen molar-refractivity contribution >= 4 is 11.8 Å². The van der Waals surface area contributed by atoms with Gasteiger partial charge >= 0.3 is 0 Å². The lowest BCUT2D eigenvalue weighted by atomic mass is 9.51. The Hall–Kier alpha value is -1.88. The summed E-state index contributed by atoms with van der Waals surface area (Å²) in [5, 5.41) is 17.8. The molecule has 0 saturated heterocycles. The quantitative estimate of drug-likeness (QED) is 0.643. The molecule has 3 N–H and O–H groups in total. The highest BCUT2D eigenvalue weighted by Gasteiger charge is 2.53. The Balaban J connectivity index is 1.69. The van der Waals surface area contributed by atoms with E-state index in [-0.39, 0.29) is 52.5 Å². The van der Waals surface area contributed by atoms with Crippen LogP contribution in [0.3, 0.4) is 0 Å². The van der Waals surface area contributed by atoms with E-state index in [4.69, 9.17) is 0 Å². The summed E-state index contributed by atoms with van der Waals surface area (Å²) in [6.45, 7) is 12.4. The van der Waals surface area contributed by atoms with Crippen molar-refractivity contribution in [1.82, 2.24) is 10.6 Å². The zero-order valence-corrected chi connectivity index (χ0v) is 20.7. The van der Waals surface area contributed by atoms with Gasteiger partial charge in [0.15, 0.2) is 0 Å². The Morgan fingerprint density at radius 3 is 2.41 bits per heavy atom. The first kappa shape index (κ1) is 24.8. The number of carbonyl (C=O) groups is 2. The van der Waals surface area contributed by atoms with Crippen LogP contribution < -0.4 is 10.6 Å². The van der Waals surface area contributed by atoms with Crippen LogP contribution in [0.4, 0.5) is 0 Å². The van der Waals surface area contributed by atoms with Gasteiger partial charge < -0.3 is 15.7 Å². The number of fused-ring (bicyclic) bond motifs is 1. The summed E-state index contributed by atoms with van der Waals surface area (Å²) in [4.78, 5) is 25.5. The molecule has 2 aliphatic rings. The second-order valence-corrected chi connectivity index (χ2v) is 11.6. The van der Waals surface area contributed by atoms with Gasteiger partial charge in [-0.2, -0.15) is 0 Å². The lowest BCUT2D eigenvalue weighted by Crippen LogP contribution is -2.59. The fourth-order valence-corrected chi connectivity index (χ4v) is 6.21. The molecule has 1 unspecified atom stereocenters. The third-order valence-corrected chi connectivity index (χ3v) is 8.00. The maximum absolute atomic E-state index is 12.8. The van der Waals surface area contributed by atoms with E-state index in [1.54, 1.807) is 0 Å². The first-order valence-electron chi connectivity index (χ1n) is 12.2. The Labute approximate surface area is 193 Å². The van der Waals surface area contributed by atoms with Crippen LogP contribution in [-0.4, -0.2) is 34.6 Å². The first-order chi connectivity index (χ1) is 14.9. The Morgan fingerprint density at radius 2 is 1.78 bits per heavy atom. The predicted octanol–water partition coefficient (Wildman–Crippen LogP) is 4.09. The molecule has 0 aromatic heterocycles. The summed E-state index contributed by atoms with van der Waals surface area (Å²) in [6.07, 6.45) is 3.64. The van der Waals surface area contributed by atoms with Crippen LogP contribution >= 0.6 is 0 Å². The molecule has 5 nitrogen and oxygen atoms in total. The van der Waals surface area contributed by atoms with Gasteiger partial charge in [0, 0.05) is 17.5 Å². The van der Waals surface area contributed by atoms with E-state index in [1.165, 1.54) is 0 Å². The van der Waals surface area contributed by atoms with Gasteiger partial charge in [0.25, 0.3) is 0 Å². The molecule has 7 atom stereocenters. The van der Waals surface area contributed by atoms with Crippen LogP contribution in [0.1, 0.15) is 72.8 Å². The van der Waals surface area contributed by atoms with Crippen LogP contribution in [0.5, 0.6) is 0 Å². The van der Waals surface area contributed by atoms with Crippen LogP contribution in [0, 0.1) is 29.1 Å². The van der Waals surface area contributed by atoms with Crippen molar-refractivity contribution in [3.05, 3.63) is 35.9 Å². The molecule has 3 rings (SSSR count). The average molecular weight is 443 g/mol. The molecule has 178 valence electrons. The summed E-state index contributed by atoms with van der Waals surface area (Å²) in [5.74, 6) is -0.0190. The van der Waals surface area contributed by atoms with E-state index in [0.717, 1.165) is 31.2 Å².